The minimum Gasteiger partial charge on any atom is -0.392 e. The Morgan fingerprint density at radius 2 is 2.03 bits per heavy atom. The highest BCUT2D eigenvalue weighted by Crippen LogP contribution is 2.53. The van der Waals surface area contributed by atoms with Gasteiger partial charge in [0.2, 0.25) is 6.41 Å². The molecule has 0 spiro atoms. The van der Waals surface area contributed by atoms with Crippen molar-refractivity contribution in [3.05, 3.63) is 59.2 Å². The molecule has 4 rings (SSSR count). The van der Waals surface area contributed by atoms with Crippen LogP contribution in [-0.2, 0) is 19.9 Å². The number of amides is 1. The second-order valence-electron chi connectivity index (χ2n) is 10.6. The maximum atomic E-state index is 15.7. The van der Waals surface area contributed by atoms with E-state index in [2.05, 4.69) is 0 Å². The number of hydrogen-bond donors (Lipinski definition) is 3. The van der Waals surface area contributed by atoms with Gasteiger partial charge in [0.1, 0.15) is 22.8 Å². The Labute approximate surface area is 222 Å². The number of carbonyl (C=O) groups excluding carboxylic acids is 1. The molecule has 0 aromatic heterocycles. The molecule has 1 heterocycles. The minimum absolute atomic E-state index is 0.0553. The zero-order valence-electron chi connectivity index (χ0n) is 22.0. The van der Waals surface area contributed by atoms with E-state index in [0.29, 0.717) is 49.1 Å². The number of carbonyl (C=O) groups is 1. The summed E-state index contributed by atoms with van der Waals surface area (Å²) < 4.78 is 41.6. The molecule has 2 aliphatic rings. The van der Waals surface area contributed by atoms with Gasteiger partial charge in [-0.3, -0.25) is 4.79 Å². The highest BCUT2D eigenvalue weighted by molar-refractivity contribution is 5.70. The molecule has 2 fully saturated rings. The van der Waals surface area contributed by atoms with Crippen molar-refractivity contribution in [2.75, 3.05) is 33.4 Å². The van der Waals surface area contributed by atoms with E-state index in [-0.39, 0.29) is 31.6 Å². The van der Waals surface area contributed by atoms with Crippen LogP contribution in [0.5, 0.6) is 0 Å². The number of aliphatic hydroxyl groups is 2. The number of aliphatic hydroxyl groups excluding tert-OH is 1. The van der Waals surface area contributed by atoms with Gasteiger partial charge in [0.15, 0.2) is 0 Å². The molecule has 0 radical (unpaired) electrons. The van der Waals surface area contributed by atoms with Crippen molar-refractivity contribution < 1.29 is 33.3 Å². The lowest BCUT2D eigenvalue weighted by Gasteiger charge is -2.55. The second kappa shape index (κ2) is 11.8. The lowest BCUT2D eigenvalue weighted by Crippen LogP contribution is -2.66. The van der Waals surface area contributed by atoms with Crippen LogP contribution in [0.4, 0.5) is 8.78 Å². The van der Waals surface area contributed by atoms with Crippen molar-refractivity contribution in [1.29, 1.82) is 0 Å². The third-order valence-corrected chi connectivity index (χ3v) is 8.30. The van der Waals surface area contributed by atoms with Gasteiger partial charge in [0.05, 0.1) is 19.3 Å². The predicted octanol–water partition coefficient (Wildman–Crippen LogP) is 3.27. The summed E-state index contributed by atoms with van der Waals surface area (Å²) in [5.74, 6) is -1.39. The van der Waals surface area contributed by atoms with E-state index < -0.39 is 40.9 Å². The van der Waals surface area contributed by atoms with Crippen molar-refractivity contribution >= 4 is 6.41 Å². The monoisotopic (exact) mass is 532 g/mol. The summed E-state index contributed by atoms with van der Waals surface area (Å²) in [6, 6.07) is 8.34. The van der Waals surface area contributed by atoms with Gasteiger partial charge in [0, 0.05) is 31.9 Å². The molecule has 1 aliphatic carbocycles. The van der Waals surface area contributed by atoms with Crippen LogP contribution in [0, 0.1) is 24.5 Å². The first-order valence-corrected chi connectivity index (χ1v) is 13.2. The molecule has 0 bridgehead atoms. The van der Waals surface area contributed by atoms with Gasteiger partial charge >= 0.3 is 0 Å². The molecule has 2 aromatic carbocycles. The number of ether oxygens (including phenoxy) is 2. The third kappa shape index (κ3) is 5.22. The Bertz CT molecular complexity index is 1120. The topological polar surface area (TPSA) is 105 Å². The summed E-state index contributed by atoms with van der Waals surface area (Å²) >= 11 is 0. The van der Waals surface area contributed by atoms with E-state index in [4.69, 9.17) is 15.2 Å². The van der Waals surface area contributed by atoms with E-state index in [1.54, 1.807) is 31.1 Å². The van der Waals surface area contributed by atoms with E-state index in [1.165, 1.54) is 24.3 Å². The van der Waals surface area contributed by atoms with Crippen molar-refractivity contribution in [2.45, 2.75) is 62.4 Å². The van der Waals surface area contributed by atoms with Gasteiger partial charge in [0.25, 0.3) is 0 Å². The number of benzene rings is 2. The van der Waals surface area contributed by atoms with Crippen LogP contribution in [0.15, 0.2) is 36.4 Å². The first kappa shape index (κ1) is 28.6. The van der Waals surface area contributed by atoms with Crippen molar-refractivity contribution in [3.63, 3.8) is 0 Å². The van der Waals surface area contributed by atoms with Crippen molar-refractivity contribution in [3.8, 4) is 11.1 Å². The molecular formula is C29H38F2N2O5. The predicted molar refractivity (Wildman–Crippen MR) is 139 cm³/mol. The largest absolute Gasteiger partial charge is 0.392 e. The molecule has 4 N–H and O–H groups in total. The minimum atomic E-state index is -1.78. The van der Waals surface area contributed by atoms with Gasteiger partial charge < -0.3 is 30.3 Å². The first-order chi connectivity index (χ1) is 18.2. The number of hydrogen-bond acceptors (Lipinski definition) is 6. The molecule has 9 heteroatoms. The summed E-state index contributed by atoms with van der Waals surface area (Å²) in [5, 5.41) is 23.5. The Kier molecular flexibility index (Phi) is 8.84. The molecule has 7 nitrogen and oxygen atoms in total. The van der Waals surface area contributed by atoms with Gasteiger partial charge in [-0.15, -0.1) is 0 Å². The van der Waals surface area contributed by atoms with Crippen LogP contribution in [-0.4, -0.2) is 72.7 Å². The highest BCUT2D eigenvalue weighted by Gasteiger charge is 2.61. The van der Waals surface area contributed by atoms with E-state index >= 15 is 4.39 Å². The molecule has 1 saturated carbocycles. The normalized spacial score (nSPS) is 27.3. The Hall–Kier alpha value is -2.43. The Morgan fingerprint density at radius 1 is 1.24 bits per heavy atom. The van der Waals surface area contributed by atoms with Gasteiger partial charge in [-0.05, 0) is 79.8 Å². The third-order valence-electron chi connectivity index (χ3n) is 8.30. The zero-order chi connectivity index (χ0) is 27.5. The number of morpholine rings is 1. The van der Waals surface area contributed by atoms with Crippen molar-refractivity contribution in [2.24, 2.45) is 11.7 Å². The standard InChI is InChI=1S/C29H38F2N2O5/c1-19-14-20(8-9-23(19)30)27-22(6-5-7-24(27)31)28(36,10-3-4-12-37-2)29(17-33(18-34)11-13-38-29)21-15-25(32)26(35)16-21/h5-9,14,18,21,25-26,35-36H,3-4,10-13,15-17,32H2,1-2H3/t21-,25+,26-,28-,29-/m0/s1. The number of methoxy groups -OCH3 is 1. The maximum absolute atomic E-state index is 15.7. The highest BCUT2D eigenvalue weighted by atomic mass is 19.1. The molecule has 2 aromatic rings. The van der Waals surface area contributed by atoms with Gasteiger partial charge in [-0.1, -0.05) is 18.2 Å². The fraction of sp³-hybridized carbons (Fsp3) is 0.552. The van der Waals surface area contributed by atoms with E-state index in [9.17, 15) is 19.4 Å². The summed E-state index contributed by atoms with van der Waals surface area (Å²) in [7, 11) is 1.60. The molecule has 1 saturated heterocycles. The Balaban J connectivity index is 1.94. The average molecular weight is 533 g/mol. The maximum Gasteiger partial charge on any atom is 0.209 e. The SMILES string of the molecule is COCCCC[C@](O)(c1cccc(F)c1-c1ccc(F)c(C)c1)[C@@]1([C@H]2C[C@@H](N)[C@@H](O)C2)CN(C=O)CCO1. The number of nitrogens with two attached hydrogens (primary N) is 1. The molecule has 1 aliphatic heterocycles. The molecule has 0 unspecified atom stereocenters. The fourth-order valence-corrected chi connectivity index (χ4v) is 6.29. The lowest BCUT2D eigenvalue weighted by atomic mass is 9.65. The smallest absolute Gasteiger partial charge is 0.209 e. The molecule has 1 amide bonds. The van der Waals surface area contributed by atoms with E-state index in [0.717, 1.165) is 6.41 Å². The molecule has 5 atom stereocenters. The quantitative estimate of drug-likeness (QED) is 0.321. The van der Waals surface area contributed by atoms with Gasteiger partial charge in [-0.25, -0.2) is 8.78 Å². The first-order valence-electron chi connectivity index (χ1n) is 13.2. The lowest BCUT2D eigenvalue weighted by molar-refractivity contribution is -0.246. The number of rotatable bonds is 10. The van der Waals surface area contributed by atoms with Crippen LogP contribution in [0.1, 0.15) is 43.2 Å². The summed E-state index contributed by atoms with van der Waals surface area (Å²) in [6.45, 7) is 2.65. The van der Waals surface area contributed by atoms with Crippen molar-refractivity contribution in [1.82, 2.24) is 4.90 Å². The second-order valence-corrected chi connectivity index (χ2v) is 10.6. The summed E-state index contributed by atoms with van der Waals surface area (Å²) in [5.41, 5.74) is 4.29. The number of aryl methyl sites for hydroxylation is 1. The van der Waals surface area contributed by atoms with Crippen LogP contribution in [0.3, 0.4) is 0 Å². The Morgan fingerprint density at radius 3 is 2.68 bits per heavy atom. The van der Waals surface area contributed by atoms with Crippen LogP contribution >= 0.6 is 0 Å². The summed E-state index contributed by atoms with van der Waals surface area (Å²) in [4.78, 5) is 13.5. The molecule has 38 heavy (non-hydrogen) atoms. The fourth-order valence-electron chi connectivity index (χ4n) is 6.29. The molecule has 208 valence electrons. The summed E-state index contributed by atoms with van der Waals surface area (Å²) in [6.07, 6.45) is 1.92. The number of unbranched alkanes of at least 4 members (excludes halogenated alkanes) is 1. The van der Waals surface area contributed by atoms with Crippen LogP contribution in [0.2, 0.25) is 0 Å². The molecular weight excluding hydrogens is 494 g/mol. The van der Waals surface area contributed by atoms with E-state index in [1.807, 2.05) is 0 Å². The number of halogens is 2. The van der Waals surface area contributed by atoms with Crippen LogP contribution in [0.25, 0.3) is 11.1 Å². The van der Waals surface area contributed by atoms with Gasteiger partial charge in [-0.2, -0.15) is 0 Å². The average Bonchev–Trinajstić information content (AvgIpc) is 3.26. The number of nitrogens with zero attached hydrogens (tertiary/aromatic N) is 1. The van der Waals surface area contributed by atoms with Crippen LogP contribution < -0.4 is 5.73 Å². The zero-order valence-corrected chi connectivity index (χ0v) is 22.0.